The molecule has 146 valence electrons. The van der Waals surface area contributed by atoms with Gasteiger partial charge in [0.1, 0.15) is 5.82 Å². The molecule has 29 heavy (non-hydrogen) atoms. The Balaban J connectivity index is 1.59. The van der Waals surface area contributed by atoms with Crippen molar-refractivity contribution in [3.8, 4) is 22.4 Å². The lowest BCUT2D eigenvalue weighted by molar-refractivity contribution is 0.631. The number of hydrogen-bond donors (Lipinski definition) is 0. The largest absolute Gasteiger partial charge is 0.256 e. The monoisotopic (exact) mass is 383 g/mol. The van der Waals surface area contributed by atoms with E-state index in [1.54, 1.807) is 12.1 Å². The Morgan fingerprint density at radius 1 is 0.759 bits per heavy atom. The van der Waals surface area contributed by atoms with Crippen LogP contribution < -0.4 is 0 Å². The predicted molar refractivity (Wildman–Crippen MR) is 120 cm³/mol. The van der Waals surface area contributed by atoms with Crippen molar-refractivity contribution in [3.05, 3.63) is 90.4 Å². The number of aromatic nitrogens is 1. The van der Waals surface area contributed by atoms with Gasteiger partial charge >= 0.3 is 0 Å². The number of hydrogen-bond acceptors (Lipinski definition) is 1. The minimum Gasteiger partial charge on any atom is -0.256 e. The molecule has 0 spiro atoms. The third-order valence-corrected chi connectivity index (χ3v) is 5.48. The van der Waals surface area contributed by atoms with E-state index in [1.165, 1.54) is 31.2 Å². The summed E-state index contributed by atoms with van der Waals surface area (Å²) >= 11 is 0. The fraction of sp³-hybridized carbons (Fsp3) is 0.222. The van der Waals surface area contributed by atoms with E-state index >= 15 is 0 Å². The van der Waals surface area contributed by atoms with Gasteiger partial charge in [-0.05, 0) is 53.6 Å². The number of nitrogens with zero attached hydrogens (tertiary/aromatic N) is 1. The molecule has 0 saturated carbocycles. The van der Waals surface area contributed by atoms with Crippen LogP contribution >= 0.6 is 0 Å². The van der Waals surface area contributed by atoms with Gasteiger partial charge in [-0.3, -0.25) is 4.98 Å². The molecule has 0 amide bonds. The first-order chi connectivity index (χ1) is 14.2. The molecule has 0 saturated heterocycles. The van der Waals surface area contributed by atoms with E-state index in [4.69, 9.17) is 0 Å². The Labute approximate surface area is 172 Å². The highest BCUT2D eigenvalue weighted by Crippen LogP contribution is 2.29. The van der Waals surface area contributed by atoms with Crippen molar-refractivity contribution in [3.63, 3.8) is 0 Å². The van der Waals surface area contributed by atoms with Crippen molar-refractivity contribution in [1.29, 1.82) is 0 Å². The van der Waals surface area contributed by atoms with E-state index in [9.17, 15) is 4.39 Å². The lowest BCUT2D eigenvalue weighted by atomic mass is 9.98. The average molecular weight is 384 g/mol. The van der Waals surface area contributed by atoms with Gasteiger partial charge in [0.25, 0.3) is 0 Å². The minimum atomic E-state index is -0.203. The van der Waals surface area contributed by atoms with Gasteiger partial charge in [-0.1, -0.05) is 74.7 Å². The number of benzene rings is 3. The lowest BCUT2D eigenvalue weighted by Gasteiger charge is -2.09. The summed E-state index contributed by atoms with van der Waals surface area (Å²) in [4.78, 5) is 4.58. The molecule has 4 rings (SSSR count). The Hall–Kier alpha value is -3.00. The van der Waals surface area contributed by atoms with E-state index in [0.29, 0.717) is 5.56 Å². The molecule has 1 aromatic heterocycles. The molecule has 0 aliphatic carbocycles. The molecule has 0 fully saturated rings. The van der Waals surface area contributed by atoms with Gasteiger partial charge < -0.3 is 0 Å². The van der Waals surface area contributed by atoms with Crippen molar-refractivity contribution in [1.82, 2.24) is 4.98 Å². The van der Waals surface area contributed by atoms with Crippen molar-refractivity contribution in [2.24, 2.45) is 0 Å². The molecule has 0 N–H and O–H groups in total. The third kappa shape index (κ3) is 4.54. The van der Waals surface area contributed by atoms with Crippen LogP contribution in [0.1, 0.15) is 38.2 Å². The van der Waals surface area contributed by atoms with Crippen LogP contribution in [0.5, 0.6) is 0 Å². The molecular weight excluding hydrogens is 357 g/mol. The van der Waals surface area contributed by atoms with Gasteiger partial charge in [0, 0.05) is 22.7 Å². The molecule has 1 heterocycles. The normalized spacial score (nSPS) is 11.1. The maximum absolute atomic E-state index is 14.6. The van der Waals surface area contributed by atoms with Gasteiger partial charge in [0.15, 0.2) is 0 Å². The zero-order valence-electron chi connectivity index (χ0n) is 16.9. The first-order valence-corrected chi connectivity index (χ1v) is 10.5. The number of unbranched alkanes of at least 4 members (excludes halogenated alkanes) is 3. The molecule has 0 radical (unpaired) electrons. The predicted octanol–water partition coefficient (Wildman–Crippen LogP) is 7.83. The van der Waals surface area contributed by atoms with Gasteiger partial charge in [-0.25, -0.2) is 4.39 Å². The molecule has 2 heteroatoms. The van der Waals surface area contributed by atoms with Gasteiger partial charge in [0.05, 0.1) is 5.69 Å². The second kappa shape index (κ2) is 9.00. The summed E-state index contributed by atoms with van der Waals surface area (Å²) < 4.78 is 14.6. The lowest BCUT2D eigenvalue weighted by Crippen LogP contribution is -1.90. The fourth-order valence-corrected chi connectivity index (χ4v) is 3.75. The third-order valence-electron chi connectivity index (χ3n) is 5.48. The Kier molecular flexibility index (Phi) is 6.00. The van der Waals surface area contributed by atoms with Crippen molar-refractivity contribution in [2.75, 3.05) is 0 Å². The summed E-state index contributed by atoms with van der Waals surface area (Å²) in [6.45, 7) is 2.23. The van der Waals surface area contributed by atoms with Crippen molar-refractivity contribution < 1.29 is 4.39 Å². The molecule has 4 aromatic rings. The molecule has 3 aromatic carbocycles. The van der Waals surface area contributed by atoms with Crippen molar-refractivity contribution in [2.45, 2.75) is 39.0 Å². The Morgan fingerprint density at radius 2 is 1.52 bits per heavy atom. The van der Waals surface area contributed by atoms with Crippen LogP contribution in [0, 0.1) is 5.82 Å². The number of halogens is 1. The molecule has 0 aliphatic heterocycles. The van der Waals surface area contributed by atoms with E-state index in [0.717, 1.165) is 34.0 Å². The maximum Gasteiger partial charge on any atom is 0.131 e. The Morgan fingerprint density at radius 3 is 2.31 bits per heavy atom. The first-order valence-electron chi connectivity index (χ1n) is 10.5. The highest BCUT2D eigenvalue weighted by Gasteiger charge is 2.09. The summed E-state index contributed by atoms with van der Waals surface area (Å²) in [6.07, 6.45) is 7.99. The molecule has 0 aliphatic rings. The summed E-state index contributed by atoms with van der Waals surface area (Å²) in [5, 5.41) is 2.24. The van der Waals surface area contributed by atoms with Crippen molar-refractivity contribution >= 4 is 10.8 Å². The van der Waals surface area contributed by atoms with Crippen LogP contribution in [-0.4, -0.2) is 4.98 Å². The highest BCUT2D eigenvalue weighted by atomic mass is 19.1. The summed E-state index contributed by atoms with van der Waals surface area (Å²) in [6, 6.07) is 23.8. The van der Waals surface area contributed by atoms with Crippen LogP contribution in [0.25, 0.3) is 33.2 Å². The molecule has 1 nitrogen and oxygen atoms in total. The number of aryl methyl sites for hydroxylation is 1. The van der Waals surface area contributed by atoms with Gasteiger partial charge in [0.2, 0.25) is 0 Å². The highest BCUT2D eigenvalue weighted by molar-refractivity contribution is 5.85. The second-order valence-corrected chi connectivity index (χ2v) is 7.62. The quantitative estimate of drug-likeness (QED) is 0.296. The standard InChI is InChI=1S/C27H26FN/c1-2-3-4-5-8-20-11-13-21(14-12-20)25-17-23(15-16-26(25)28)27-18-22-9-6-7-10-24(22)19-29-27/h6-7,9-19H,2-5,8H2,1H3. The summed E-state index contributed by atoms with van der Waals surface area (Å²) in [5.41, 5.74) is 4.63. The van der Waals surface area contributed by atoms with Crippen LogP contribution in [-0.2, 0) is 6.42 Å². The molecule has 0 atom stereocenters. The van der Waals surface area contributed by atoms with E-state index in [1.807, 2.05) is 42.6 Å². The number of pyridine rings is 1. The smallest absolute Gasteiger partial charge is 0.131 e. The summed E-state index contributed by atoms with van der Waals surface area (Å²) in [5.74, 6) is -0.203. The molecule has 0 unspecified atom stereocenters. The fourth-order valence-electron chi connectivity index (χ4n) is 3.75. The van der Waals surface area contributed by atoms with Gasteiger partial charge in [-0.15, -0.1) is 0 Å². The van der Waals surface area contributed by atoms with E-state index < -0.39 is 0 Å². The van der Waals surface area contributed by atoms with Crippen LogP contribution in [0.15, 0.2) is 79.0 Å². The number of fused-ring (bicyclic) bond motifs is 1. The molecular formula is C27H26FN. The first kappa shape index (κ1) is 19.3. The minimum absolute atomic E-state index is 0.203. The van der Waals surface area contributed by atoms with E-state index in [2.05, 4.69) is 36.2 Å². The average Bonchev–Trinajstić information content (AvgIpc) is 2.77. The van der Waals surface area contributed by atoms with Crippen LogP contribution in [0.2, 0.25) is 0 Å². The van der Waals surface area contributed by atoms with Gasteiger partial charge in [-0.2, -0.15) is 0 Å². The zero-order chi connectivity index (χ0) is 20.1. The molecule has 0 bridgehead atoms. The van der Waals surface area contributed by atoms with Crippen LogP contribution in [0.3, 0.4) is 0 Å². The van der Waals surface area contributed by atoms with Crippen LogP contribution in [0.4, 0.5) is 4.39 Å². The number of rotatable bonds is 7. The topological polar surface area (TPSA) is 12.9 Å². The maximum atomic E-state index is 14.6. The Bertz CT molecular complexity index is 1100. The summed E-state index contributed by atoms with van der Waals surface area (Å²) in [7, 11) is 0. The van der Waals surface area contributed by atoms with E-state index in [-0.39, 0.29) is 5.82 Å². The zero-order valence-corrected chi connectivity index (χ0v) is 16.9. The second-order valence-electron chi connectivity index (χ2n) is 7.62. The SMILES string of the molecule is CCCCCCc1ccc(-c2cc(-c3cc4ccccc4cn3)ccc2F)cc1.